The second-order valence-corrected chi connectivity index (χ2v) is 31.2. The van der Waals surface area contributed by atoms with Crippen LogP contribution in [0.1, 0.15) is 6.92 Å². The molecule has 62 heteroatoms. The minimum Gasteiger partial charge on any atom is -0.549 e. The molecule has 133 heavy (non-hydrogen) atoms. The molecule has 4 rings (SSSR count). The van der Waals surface area contributed by atoms with E-state index in [-0.39, 0.29) is 39.9 Å². The zero-order valence-corrected chi connectivity index (χ0v) is 73.2. The summed E-state index contributed by atoms with van der Waals surface area (Å²) in [5.74, 6) is -14.6. The van der Waals surface area contributed by atoms with Crippen LogP contribution in [0.2, 0.25) is 0 Å². The second-order valence-electron chi connectivity index (χ2n) is 31.2. The topological polar surface area (TPSA) is 1010 Å². The van der Waals surface area contributed by atoms with Crippen molar-refractivity contribution in [2.24, 2.45) is 0 Å². The number of carbonyl (C=O) groups excluding carboxylic acids is 9. The summed E-state index contributed by atoms with van der Waals surface area (Å²) in [6.45, 7) is -22.8. The van der Waals surface area contributed by atoms with Crippen molar-refractivity contribution in [2.75, 3.05) is 158 Å². The molecule has 37 atom stereocenters. The molecule has 0 aromatic rings. The van der Waals surface area contributed by atoms with Crippen molar-refractivity contribution in [3.8, 4) is 0 Å². The third-order valence-corrected chi connectivity index (χ3v) is 21.6. The Balaban J connectivity index is 0.0000456. The summed E-state index contributed by atoms with van der Waals surface area (Å²) >= 11 is 0. The SMILES string of the molecule is CC(CNC(=O)[C@H](O)[C@@H](O)[C@H](O[C@@H]1O[C@H](CO)[C@H](O)[C@H](O)[C@H]1O)[C@H](O)CO)N(CCNC(=O)[C@H](O)[C@@H](O)[C@H](O[C@@H]1O[C@H](CO)[C@H](O)[C@H](O)[C@H]1O)[C@H](O)CO)C(=O)CN(CCN(CCN(CC(=O)[O-])CC(=O)N(CCNC(=O)[C@H](O)[C@@H](O)[C@H](O[C@@H]1O[C@H](CO)[C@H](O)[C@H](O)[C@H]1O)[C@H](O)CO)CCNC(=O)[C@H](O)[C@@H](O)[C@H](O[C@@H]1O[C@H](CO)[C@H](O)[C@H](O)[C@H]1O)[C@H](O)CO)CC(=O)[O-])CC(=O)[O-].[Gd+3]. The van der Waals surface area contributed by atoms with Gasteiger partial charge in [0, 0.05) is 97.7 Å². The van der Waals surface area contributed by atoms with E-state index in [1.165, 1.54) is 0 Å². The largest absolute Gasteiger partial charge is 3.00 e. The molecule has 0 saturated carbocycles. The van der Waals surface area contributed by atoms with Gasteiger partial charge >= 0.3 is 39.9 Å². The fraction of sp³-hybridized carbons (Fsp3) is 0.873. The van der Waals surface area contributed by atoms with Gasteiger partial charge in [0.2, 0.25) is 11.8 Å². The van der Waals surface area contributed by atoms with Gasteiger partial charge in [-0.2, -0.15) is 0 Å². The number of carbonyl (C=O) groups is 9. The van der Waals surface area contributed by atoms with Gasteiger partial charge in [0.25, 0.3) is 23.6 Å². The van der Waals surface area contributed by atoms with Crippen molar-refractivity contribution in [2.45, 2.75) is 233 Å². The maximum absolute atomic E-state index is 14.7. The predicted octanol–water partition coefficient (Wildman–Crippen LogP) is -31.3. The van der Waals surface area contributed by atoms with Crippen LogP contribution >= 0.6 is 0 Å². The van der Waals surface area contributed by atoms with Crippen LogP contribution < -0.4 is 36.6 Å². The molecule has 0 bridgehead atoms. The first-order valence-corrected chi connectivity index (χ1v) is 40.9. The summed E-state index contributed by atoms with van der Waals surface area (Å²) in [6, 6.07) is -1.50. The van der Waals surface area contributed by atoms with Gasteiger partial charge in [-0.1, -0.05) is 0 Å². The molecule has 61 nitrogen and oxygen atoms in total. The average Bonchev–Trinajstić information content (AvgIpc) is 0.813. The number of rotatable bonds is 60. The van der Waals surface area contributed by atoms with Crippen LogP contribution in [0.4, 0.5) is 0 Å². The maximum Gasteiger partial charge on any atom is 3.00 e. The number of aliphatic carboxylic acids is 3. The Labute approximate surface area is 786 Å². The van der Waals surface area contributed by atoms with Crippen molar-refractivity contribution in [3.05, 3.63) is 0 Å². The first-order chi connectivity index (χ1) is 62.0. The van der Waals surface area contributed by atoms with E-state index in [1.54, 1.807) is 0 Å². The summed E-state index contributed by atoms with van der Waals surface area (Å²) in [5, 5.41) is 379. The van der Waals surface area contributed by atoms with Gasteiger partial charge in [0.1, 0.15) is 171 Å². The first kappa shape index (κ1) is 122. The Morgan fingerprint density at radius 3 is 0.797 bits per heavy atom. The molecule has 4 saturated heterocycles. The number of hydrogen-bond donors (Lipinski definition) is 36. The van der Waals surface area contributed by atoms with Crippen molar-refractivity contribution in [3.63, 3.8) is 0 Å². The fourth-order valence-electron chi connectivity index (χ4n) is 13.7. The minimum atomic E-state index is -2.75. The van der Waals surface area contributed by atoms with Gasteiger partial charge in [-0.05, 0) is 6.92 Å². The fourth-order valence-corrected chi connectivity index (χ4v) is 13.7. The van der Waals surface area contributed by atoms with Gasteiger partial charge in [-0.25, -0.2) is 0 Å². The molecule has 1 unspecified atom stereocenters. The maximum atomic E-state index is 14.7. The van der Waals surface area contributed by atoms with E-state index < -0.39 is 437 Å². The molecule has 4 aliphatic heterocycles. The second kappa shape index (κ2) is 59.4. The Kier molecular flexibility index (Phi) is 54.5. The van der Waals surface area contributed by atoms with Crippen LogP contribution in [-0.2, 0) is 81.0 Å². The molecule has 773 valence electrons. The van der Waals surface area contributed by atoms with Crippen LogP contribution in [0, 0.1) is 39.9 Å². The van der Waals surface area contributed by atoms with Crippen LogP contribution in [0.15, 0.2) is 0 Å². The van der Waals surface area contributed by atoms with Gasteiger partial charge in [0.05, 0.1) is 83.9 Å². The van der Waals surface area contributed by atoms with E-state index in [4.69, 9.17) is 37.9 Å². The number of amides is 6. The summed E-state index contributed by atoms with van der Waals surface area (Å²) < 4.78 is 42.1. The molecule has 4 aliphatic rings. The van der Waals surface area contributed by atoms with Crippen molar-refractivity contribution >= 4 is 53.4 Å². The van der Waals surface area contributed by atoms with Gasteiger partial charge in [0.15, 0.2) is 49.6 Å². The minimum absolute atomic E-state index is 0. The van der Waals surface area contributed by atoms with E-state index in [2.05, 4.69) is 21.3 Å². The zero-order valence-electron chi connectivity index (χ0n) is 70.9. The molecule has 6 amide bonds. The average molecular weight is 2090 g/mol. The van der Waals surface area contributed by atoms with Crippen molar-refractivity contribution in [1.82, 2.24) is 45.8 Å². The number of aliphatic hydroxyl groups excluding tert-OH is 32. The Bertz CT molecular complexity index is 3400. The third-order valence-electron chi connectivity index (χ3n) is 21.6. The van der Waals surface area contributed by atoms with Crippen molar-refractivity contribution < 1.29 is 300 Å². The number of nitrogens with zero attached hydrogens (tertiary/aromatic N) is 5. The number of ether oxygens (including phenoxy) is 8. The third kappa shape index (κ3) is 35.5. The van der Waals surface area contributed by atoms with Crippen LogP contribution in [0.25, 0.3) is 0 Å². The molecule has 1 radical (unpaired) electrons. The molecule has 36 N–H and O–H groups in total. The molecule has 0 spiro atoms. The molecule has 0 aliphatic carbocycles. The van der Waals surface area contributed by atoms with E-state index in [9.17, 15) is 222 Å². The number of carboxylic acid groups (broad SMARTS) is 3. The number of carboxylic acids is 3. The van der Waals surface area contributed by atoms with Gasteiger partial charge in [-0.3, -0.25) is 43.5 Å². The summed E-state index contributed by atoms with van der Waals surface area (Å²) in [5.41, 5.74) is 0. The molecule has 4 heterocycles. The summed E-state index contributed by atoms with van der Waals surface area (Å²) in [4.78, 5) is 125. The summed E-state index contributed by atoms with van der Waals surface area (Å²) in [7, 11) is 0. The van der Waals surface area contributed by atoms with Gasteiger partial charge in [-0.15, -0.1) is 0 Å². The van der Waals surface area contributed by atoms with Crippen molar-refractivity contribution in [1.29, 1.82) is 0 Å². The van der Waals surface area contributed by atoms with E-state index in [1.807, 2.05) is 0 Å². The Hall–Kier alpha value is -5.17. The van der Waals surface area contributed by atoms with Crippen LogP contribution in [0.3, 0.4) is 0 Å². The molecule has 0 aromatic carbocycles. The van der Waals surface area contributed by atoms with E-state index >= 15 is 0 Å². The number of hydrogen-bond acceptors (Lipinski definition) is 55. The normalized spacial score (nSPS) is 29.7. The standard InChI is InChI=1S/C71H127N9O52.Gd/c1-26(12-75-67(124)55(116)51(112)63(30(92)21-84)132-71-59(120)47(108)43(104)34(25-88)128-71)80(7-4-74-66(123)54(115)50(111)62(29(91)20-83)131-70-58(119)46(107)42(103)33(24-87)127-70)36(94)14-78(17-39(99)100)11-9-76(15-37(95)96)8-10-77(16-38(97)98)13-35(93)79(5-2-72-64(121)52(113)48(109)60(27(89)18-81)129-68-56(117)44(105)40(101)31(22-85)125-68)6-3-73-65(122)53(114)49(110)61(28(90)19-82)130-69-57(118)45(106)41(102)32(23-86)126-69;/h26-34,40-63,68-71,81-92,101-120H,2-25H2,1H3,(H,72,121)(H,73,122)(H,74,123)(H,75,124)(H,95,96)(H,97,98)(H,99,100);/q;+3/p-3/t26?,27-,28-,29-,30-,31-,32-,33-,34-,40+,41+,42+,43+,44+,45+,46+,47+,48-,49-,50-,51-,52-,53-,54-,55-,56-,57-,58-,59-,60-,61-,62-,63-,68+,69+,70+,71+;/m1./s1. The summed E-state index contributed by atoms with van der Waals surface area (Å²) in [6.07, 6.45) is -80.5. The zero-order chi connectivity index (χ0) is 99.9. The number of aliphatic hydroxyl groups is 32. The Morgan fingerprint density at radius 1 is 0.316 bits per heavy atom. The van der Waals surface area contributed by atoms with E-state index in [0.717, 1.165) is 26.5 Å². The predicted molar refractivity (Wildman–Crippen MR) is 409 cm³/mol. The number of nitrogens with one attached hydrogen (secondary N) is 4. The molecule has 4 fully saturated rings. The van der Waals surface area contributed by atoms with Crippen LogP contribution in [0.5, 0.6) is 0 Å². The van der Waals surface area contributed by atoms with Gasteiger partial charge < -0.3 is 262 Å². The molecule has 0 aromatic heterocycles. The molecular formula is C71H124GdN9O52. The van der Waals surface area contributed by atoms with Crippen LogP contribution in [-0.4, -0.2) is 625 Å². The smallest absolute Gasteiger partial charge is 0.549 e. The molecular weight excluding hydrogens is 1970 g/mol. The first-order valence-electron chi connectivity index (χ1n) is 40.9. The van der Waals surface area contributed by atoms with E-state index in [0.29, 0.717) is 4.90 Å². The Morgan fingerprint density at radius 2 is 0.549 bits per heavy atom. The quantitative estimate of drug-likeness (QED) is 0.0269. The monoisotopic (exact) mass is 2090 g/mol.